The normalized spacial score (nSPS) is 18.4. The van der Waals surface area contributed by atoms with Crippen LogP contribution < -0.4 is 14.4 Å². The Labute approximate surface area is 142 Å². The summed E-state index contributed by atoms with van der Waals surface area (Å²) >= 11 is 0. The molecule has 0 amide bonds. The second-order valence-corrected chi connectivity index (χ2v) is 7.48. The number of nitrogens with one attached hydrogen (secondary N) is 1. The molecule has 1 aliphatic heterocycles. The zero-order valence-corrected chi connectivity index (χ0v) is 14.4. The number of pyridine rings is 1. The maximum absolute atomic E-state index is 12.6. The first-order valence-electron chi connectivity index (χ1n) is 7.91. The number of aromatic nitrogens is 1. The lowest BCUT2D eigenvalue weighted by molar-refractivity contribution is 0.414. The van der Waals surface area contributed by atoms with Crippen molar-refractivity contribution in [1.82, 2.24) is 9.71 Å². The zero-order valence-electron chi connectivity index (χ0n) is 13.6. The highest BCUT2D eigenvalue weighted by Gasteiger charge is 2.25. The molecule has 1 N–H and O–H groups in total. The summed E-state index contributed by atoms with van der Waals surface area (Å²) in [6.45, 7) is 1.50. The van der Waals surface area contributed by atoms with E-state index in [2.05, 4.69) is 14.6 Å². The summed E-state index contributed by atoms with van der Waals surface area (Å²) < 4.78 is 33.0. The molecular formula is C17H21N3O3S. The molecule has 0 spiro atoms. The third-order valence-corrected chi connectivity index (χ3v) is 5.62. The Hall–Kier alpha value is -2.12. The first kappa shape index (κ1) is 16.7. The third-order valence-electron chi connectivity index (χ3n) is 4.09. The van der Waals surface area contributed by atoms with E-state index in [1.807, 2.05) is 18.2 Å². The van der Waals surface area contributed by atoms with Gasteiger partial charge in [0.25, 0.3) is 0 Å². The van der Waals surface area contributed by atoms with Crippen LogP contribution in [0, 0.1) is 0 Å². The van der Waals surface area contributed by atoms with Gasteiger partial charge in [-0.25, -0.2) is 18.1 Å². The van der Waals surface area contributed by atoms with Crippen molar-refractivity contribution < 1.29 is 13.2 Å². The fourth-order valence-corrected chi connectivity index (χ4v) is 4.13. The number of piperidine rings is 1. The molecular weight excluding hydrogens is 326 g/mol. The van der Waals surface area contributed by atoms with Gasteiger partial charge in [-0.1, -0.05) is 6.07 Å². The van der Waals surface area contributed by atoms with E-state index >= 15 is 0 Å². The Morgan fingerprint density at radius 3 is 2.67 bits per heavy atom. The monoisotopic (exact) mass is 347 g/mol. The smallest absolute Gasteiger partial charge is 0.240 e. The number of hydrogen-bond acceptors (Lipinski definition) is 5. The minimum atomic E-state index is -3.54. The summed E-state index contributed by atoms with van der Waals surface area (Å²) in [5.74, 6) is 1.51. The van der Waals surface area contributed by atoms with E-state index in [4.69, 9.17) is 4.74 Å². The van der Waals surface area contributed by atoms with E-state index in [9.17, 15) is 8.42 Å². The lowest BCUT2D eigenvalue weighted by atomic mass is 10.1. The van der Waals surface area contributed by atoms with Crippen molar-refractivity contribution in [1.29, 1.82) is 0 Å². The molecule has 1 saturated heterocycles. The van der Waals surface area contributed by atoms with Crippen molar-refractivity contribution in [2.45, 2.75) is 23.8 Å². The second kappa shape index (κ2) is 7.19. The number of rotatable bonds is 5. The number of ether oxygens (including phenoxy) is 1. The Kier molecular flexibility index (Phi) is 5.01. The minimum Gasteiger partial charge on any atom is -0.497 e. The number of nitrogens with zero attached hydrogens (tertiary/aromatic N) is 2. The highest BCUT2D eigenvalue weighted by atomic mass is 32.2. The highest BCUT2D eigenvalue weighted by molar-refractivity contribution is 7.89. The van der Waals surface area contributed by atoms with Gasteiger partial charge in [0.2, 0.25) is 10.0 Å². The molecule has 1 atom stereocenters. The number of anilines is 1. The summed E-state index contributed by atoms with van der Waals surface area (Å²) in [4.78, 5) is 6.71. The van der Waals surface area contributed by atoms with Gasteiger partial charge in [0.05, 0.1) is 12.0 Å². The summed E-state index contributed by atoms with van der Waals surface area (Å²) in [5, 5.41) is 0. The van der Waals surface area contributed by atoms with Crippen LogP contribution in [0.5, 0.6) is 5.75 Å². The molecule has 128 valence electrons. The van der Waals surface area contributed by atoms with E-state index in [1.165, 1.54) is 0 Å². The van der Waals surface area contributed by atoms with Crippen LogP contribution in [0.1, 0.15) is 12.8 Å². The number of hydrogen-bond donors (Lipinski definition) is 1. The molecule has 0 aliphatic carbocycles. The molecule has 24 heavy (non-hydrogen) atoms. The Morgan fingerprint density at radius 1 is 1.21 bits per heavy atom. The van der Waals surface area contributed by atoms with Gasteiger partial charge >= 0.3 is 0 Å². The lowest BCUT2D eigenvalue weighted by Gasteiger charge is -2.33. The van der Waals surface area contributed by atoms with E-state index in [1.54, 1.807) is 37.6 Å². The van der Waals surface area contributed by atoms with Crippen LogP contribution >= 0.6 is 0 Å². The molecule has 3 rings (SSSR count). The van der Waals surface area contributed by atoms with Crippen molar-refractivity contribution in [3.63, 3.8) is 0 Å². The van der Waals surface area contributed by atoms with Gasteiger partial charge < -0.3 is 9.64 Å². The molecule has 6 nitrogen and oxygen atoms in total. The molecule has 1 aliphatic rings. The van der Waals surface area contributed by atoms with Crippen LogP contribution in [-0.2, 0) is 10.0 Å². The molecule has 0 bridgehead atoms. The Bertz CT molecular complexity index is 763. The topological polar surface area (TPSA) is 71.5 Å². The Balaban J connectivity index is 1.70. The molecule has 1 fully saturated rings. The standard InChI is InChI=1S/C17H21N3O3S/c1-23-15-7-9-16(10-8-15)24(21,22)19-14-5-4-12-20(13-14)17-6-2-3-11-18-17/h2-3,6-11,14,19H,4-5,12-13H2,1H3/t14-/m0/s1. The van der Waals surface area contributed by atoms with Crippen molar-refractivity contribution in [2.24, 2.45) is 0 Å². The van der Waals surface area contributed by atoms with Gasteiger partial charge in [0.15, 0.2) is 0 Å². The van der Waals surface area contributed by atoms with Gasteiger partial charge in [0, 0.05) is 25.3 Å². The van der Waals surface area contributed by atoms with Crippen LogP contribution in [0.25, 0.3) is 0 Å². The van der Waals surface area contributed by atoms with Crippen molar-refractivity contribution in [3.8, 4) is 5.75 Å². The quantitative estimate of drug-likeness (QED) is 0.896. The summed E-state index contributed by atoms with van der Waals surface area (Å²) in [6.07, 6.45) is 3.49. The summed E-state index contributed by atoms with van der Waals surface area (Å²) in [5.41, 5.74) is 0. The maximum Gasteiger partial charge on any atom is 0.240 e. The van der Waals surface area contributed by atoms with Crippen LogP contribution in [0.3, 0.4) is 0 Å². The van der Waals surface area contributed by atoms with Gasteiger partial charge in [0.1, 0.15) is 11.6 Å². The SMILES string of the molecule is COc1ccc(S(=O)(=O)N[C@H]2CCCN(c3ccccn3)C2)cc1. The number of methoxy groups -OCH3 is 1. The highest BCUT2D eigenvalue weighted by Crippen LogP contribution is 2.20. The van der Waals surface area contributed by atoms with Crippen LogP contribution in [-0.4, -0.2) is 39.6 Å². The van der Waals surface area contributed by atoms with Crippen LogP contribution in [0.2, 0.25) is 0 Å². The van der Waals surface area contributed by atoms with E-state index in [0.29, 0.717) is 12.3 Å². The molecule has 0 radical (unpaired) electrons. The number of sulfonamides is 1. The van der Waals surface area contributed by atoms with E-state index < -0.39 is 10.0 Å². The summed E-state index contributed by atoms with van der Waals surface area (Å²) in [6, 6.07) is 12.0. The molecule has 2 heterocycles. The Morgan fingerprint density at radius 2 is 2.00 bits per heavy atom. The average Bonchev–Trinajstić information content (AvgIpc) is 2.62. The lowest BCUT2D eigenvalue weighted by Crippen LogP contribution is -2.47. The summed E-state index contributed by atoms with van der Waals surface area (Å²) in [7, 11) is -1.99. The van der Waals surface area contributed by atoms with E-state index in [-0.39, 0.29) is 10.9 Å². The number of benzene rings is 1. The van der Waals surface area contributed by atoms with Gasteiger partial charge in [-0.05, 0) is 49.2 Å². The van der Waals surface area contributed by atoms with E-state index in [0.717, 1.165) is 25.2 Å². The predicted octanol–water partition coefficient (Wildman–Crippen LogP) is 2.04. The first-order valence-corrected chi connectivity index (χ1v) is 9.39. The first-order chi connectivity index (χ1) is 11.6. The molecule has 0 saturated carbocycles. The molecule has 2 aromatic rings. The fourth-order valence-electron chi connectivity index (χ4n) is 2.86. The van der Waals surface area contributed by atoms with Crippen molar-refractivity contribution >= 4 is 15.8 Å². The van der Waals surface area contributed by atoms with Crippen LogP contribution in [0.4, 0.5) is 5.82 Å². The maximum atomic E-state index is 12.6. The fraction of sp³-hybridized carbons (Fsp3) is 0.353. The van der Waals surface area contributed by atoms with Crippen molar-refractivity contribution in [2.75, 3.05) is 25.1 Å². The van der Waals surface area contributed by atoms with Gasteiger partial charge in [-0.2, -0.15) is 0 Å². The largest absolute Gasteiger partial charge is 0.497 e. The average molecular weight is 347 g/mol. The predicted molar refractivity (Wildman–Crippen MR) is 92.8 cm³/mol. The third kappa shape index (κ3) is 3.85. The molecule has 0 unspecified atom stereocenters. The molecule has 1 aromatic heterocycles. The molecule has 7 heteroatoms. The zero-order chi connectivity index (χ0) is 17.0. The molecule has 1 aromatic carbocycles. The minimum absolute atomic E-state index is 0.132. The van der Waals surface area contributed by atoms with Crippen LogP contribution in [0.15, 0.2) is 53.6 Å². The van der Waals surface area contributed by atoms with Gasteiger partial charge in [-0.3, -0.25) is 0 Å². The second-order valence-electron chi connectivity index (χ2n) is 5.77. The van der Waals surface area contributed by atoms with Gasteiger partial charge in [-0.15, -0.1) is 0 Å². The van der Waals surface area contributed by atoms with Crippen molar-refractivity contribution in [3.05, 3.63) is 48.7 Å².